The van der Waals surface area contributed by atoms with Gasteiger partial charge in [-0.05, 0) is 49.1 Å². The van der Waals surface area contributed by atoms with Crippen LogP contribution in [0.25, 0.3) is 0 Å². The molecule has 1 aromatic carbocycles. The first-order valence-corrected chi connectivity index (χ1v) is 7.45. The fourth-order valence-corrected chi connectivity index (χ4v) is 2.59. The topological polar surface area (TPSA) is 59.0 Å². The molecule has 0 radical (unpaired) electrons. The van der Waals surface area contributed by atoms with Crippen LogP contribution < -0.4 is 10.6 Å². The number of nitrogens with one attached hydrogen (secondary N) is 2. The largest absolute Gasteiger partial charge is 0.385 e. The van der Waals surface area contributed by atoms with E-state index in [9.17, 15) is 4.79 Å². The molecule has 2 aromatic rings. The molecule has 1 amide bonds. The molecular formula is C16H20N4O. The normalized spacial score (nSPS) is 13.3. The minimum Gasteiger partial charge on any atom is -0.385 e. The summed E-state index contributed by atoms with van der Waals surface area (Å²) < 4.78 is 1.87. The first kappa shape index (κ1) is 13.7. The van der Waals surface area contributed by atoms with Crippen LogP contribution in [-0.4, -0.2) is 28.8 Å². The summed E-state index contributed by atoms with van der Waals surface area (Å²) in [7, 11) is 0. The number of carbonyl (C=O) groups is 1. The molecule has 1 aromatic heterocycles. The van der Waals surface area contributed by atoms with Crippen LogP contribution in [0.5, 0.6) is 0 Å². The van der Waals surface area contributed by atoms with Gasteiger partial charge in [-0.3, -0.25) is 9.48 Å². The third kappa shape index (κ3) is 3.42. The molecule has 0 spiro atoms. The third-order valence-electron chi connectivity index (χ3n) is 3.71. The molecule has 0 fully saturated rings. The summed E-state index contributed by atoms with van der Waals surface area (Å²) in [6.45, 7) is 2.50. The van der Waals surface area contributed by atoms with Gasteiger partial charge in [-0.15, -0.1) is 0 Å². The number of nitrogens with zero attached hydrogens (tertiary/aromatic N) is 2. The maximum absolute atomic E-state index is 12.1. The monoisotopic (exact) mass is 284 g/mol. The quantitative estimate of drug-likeness (QED) is 0.826. The summed E-state index contributed by atoms with van der Waals surface area (Å²) >= 11 is 0. The zero-order valence-electron chi connectivity index (χ0n) is 12.0. The van der Waals surface area contributed by atoms with Gasteiger partial charge < -0.3 is 10.6 Å². The lowest BCUT2D eigenvalue weighted by atomic mass is 10.0. The van der Waals surface area contributed by atoms with E-state index in [1.807, 2.05) is 35.1 Å². The molecule has 2 heterocycles. The van der Waals surface area contributed by atoms with Crippen molar-refractivity contribution in [1.29, 1.82) is 0 Å². The summed E-state index contributed by atoms with van der Waals surface area (Å²) in [5.74, 6) is 0.00355. The molecule has 1 aliphatic rings. The highest BCUT2D eigenvalue weighted by atomic mass is 16.1. The molecule has 5 heteroatoms. The number of hydrogen-bond donors (Lipinski definition) is 2. The molecule has 21 heavy (non-hydrogen) atoms. The Morgan fingerprint density at radius 2 is 2.38 bits per heavy atom. The molecule has 2 N–H and O–H groups in total. The molecule has 0 saturated carbocycles. The van der Waals surface area contributed by atoms with Crippen LogP contribution in [0.3, 0.4) is 0 Å². The van der Waals surface area contributed by atoms with Crippen molar-refractivity contribution in [2.24, 2.45) is 0 Å². The van der Waals surface area contributed by atoms with Crippen molar-refractivity contribution in [1.82, 2.24) is 15.1 Å². The van der Waals surface area contributed by atoms with E-state index in [0.29, 0.717) is 6.54 Å². The van der Waals surface area contributed by atoms with Gasteiger partial charge in [0.15, 0.2) is 0 Å². The van der Waals surface area contributed by atoms with E-state index in [4.69, 9.17) is 0 Å². The minimum absolute atomic E-state index is 0.00355. The SMILES string of the molecule is O=C(NCCCn1cccn1)c1ccc2c(c1)CCCN2. The number of carbonyl (C=O) groups excluding carboxylic acids is 1. The molecule has 1 aliphatic heterocycles. The predicted octanol–water partition coefficient (Wildman–Crippen LogP) is 2.06. The van der Waals surface area contributed by atoms with E-state index < -0.39 is 0 Å². The number of fused-ring (bicyclic) bond motifs is 1. The summed E-state index contributed by atoms with van der Waals surface area (Å²) in [5.41, 5.74) is 3.15. The van der Waals surface area contributed by atoms with Crippen LogP contribution in [0, 0.1) is 0 Å². The van der Waals surface area contributed by atoms with E-state index in [1.165, 1.54) is 5.56 Å². The van der Waals surface area contributed by atoms with Gasteiger partial charge in [-0.1, -0.05) is 0 Å². The Bertz CT molecular complexity index is 607. The van der Waals surface area contributed by atoms with Crippen molar-refractivity contribution in [3.05, 3.63) is 47.8 Å². The fourth-order valence-electron chi connectivity index (χ4n) is 2.59. The first-order chi connectivity index (χ1) is 10.3. The number of amides is 1. The number of aromatic nitrogens is 2. The molecule has 0 saturated heterocycles. The van der Waals surface area contributed by atoms with Crippen LogP contribution in [0.4, 0.5) is 5.69 Å². The van der Waals surface area contributed by atoms with E-state index >= 15 is 0 Å². The van der Waals surface area contributed by atoms with Crippen molar-refractivity contribution < 1.29 is 4.79 Å². The van der Waals surface area contributed by atoms with E-state index in [1.54, 1.807) is 6.20 Å². The molecular weight excluding hydrogens is 264 g/mol. The first-order valence-electron chi connectivity index (χ1n) is 7.45. The Morgan fingerprint density at radius 3 is 3.24 bits per heavy atom. The molecule has 0 bridgehead atoms. The van der Waals surface area contributed by atoms with Crippen molar-refractivity contribution >= 4 is 11.6 Å². The summed E-state index contributed by atoms with van der Waals surface area (Å²) in [5, 5.41) is 10.5. The summed E-state index contributed by atoms with van der Waals surface area (Å²) in [6.07, 6.45) is 6.74. The van der Waals surface area contributed by atoms with Gasteiger partial charge in [-0.2, -0.15) is 5.10 Å². The Hall–Kier alpha value is -2.30. The van der Waals surface area contributed by atoms with Crippen LogP contribution in [0.15, 0.2) is 36.7 Å². The van der Waals surface area contributed by atoms with Crippen LogP contribution in [0.1, 0.15) is 28.8 Å². The second-order valence-corrected chi connectivity index (χ2v) is 5.28. The average Bonchev–Trinajstić information content (AvgIpc) is 3.04. The van der Waals surface area contributed by atoms with Crippen LogP contribution in [0.2, 0.25) is 0 Å². The smallest absolute Gasteiger partial charge is 0.251 e. The molecule has 0 atom stereocenters. The molecule has 0 aliphatic carbocycles. The number of aryl methyl sites for hydroxylation is 2. The van der Waals surface area contributed by atoms with Gasteiger partial charge in [0.2, 0.25) is 0 Å². The maximum Gasteiger partial charge on any atom is 0.251 e. The number of rotatable bonds is 5. The lowest BCUT2D eigenvalue weighted by Gasteiger charge is -2.18. The number of benzene rings is 1. The van der Waals surface area contributed by atoms with E-state index in [2.05, 4.69) is 15.7 Å². The van der Waals surface area contributed by atoms with E-state index in [-0.39, 0.29) is 5.91 Å². The molecule has 110 valence electrons. The number of hydrogen-bond acceptors (Lipinski definition) is 3. The number of anilines is 1. The van der Waals surface area contributed by atoms with Gasteiger partial charge in [0.05, 0.1) is 0 Å². The van der Waals surface area contributed by atoms with Crippen molar-refractivity contribution in [2.45, 2.75) is 25.8 Å². The zero-order chi connectivity index (χ0) is 14.5. The predicted molar refractivity (Wildman–Crippen MR) is 82.4 cm³/mol. The van der Waals surface area contributed by atoms with Gasteiger partial charge >= 0.3 is 0 Å². The van der Waals surface area contributed by atoms with E-state index in [0.717, 1.165) is 43.6 Å². The van der Waals surface area contributed by atoms with Gasteiger partial charge in [0.25, 0.3) is 5.91 Å². The van der Waals surface area contributed by atoms with Crippen molar-refractivity contribution in [2.75, 3.05) is 18.4 Å². The Labute approximate surface area is 124 Å². The Balaban J connectivity index is 1.51. The summed E-state index contributed by atoms with van der Waals surface area (Å²) in [4.78, 5) is 12.1. The maximum atomic E-state index is 12.1. The van der Waals surface area contributed by atoms with Gasteiger partial charge in [-0.25, -0.2) is 0 Å². The third-order valence-corrected chi connectivity index (χ3v) is 3.71. The fraction of sp³-hybridized carbons (Fsp3) is 0.375. The van der Waals surface area contributed by atoms with Crippen LogP contribution >= 0.6 is 0 Å². The summed E-state index contributed by atoms with van der Waals surface area (Å²) in [6, 6.07) is 7.80. The highest BCUT2D eigenvalue weighted by Crippen LogP contribution is 2.22. The highest BCUT2D eigenvalue weighted by Gasteiger charge is 2.12. The average molecular weight is 284 g/mol. The lowest BCUT2D eigenvalue weighted by Crippen LogP contribution is -2.25. The minimum atomic E-state index is 0.00355. The Kier molecular flexibility index (Phi) is 4.19. The lowest BCUT2D eigenvalue weighted by molar-refractivity contribution is 0.0952. The van der Waals surface area contributed by atoms with Crippen molar-refractivity contribution in [3.63, 3.8) is 0 Å². The standard InChI is InChI=1S/C16H20N4O/c21-16(18-8-2-10-20-11-3-9-19-20)14-5-6-15-13(12-14)4-1-7-17-15/h3,5-6,9,11-12,17H,1-2,4,7-8,10H2,(H,18,21). The van der Waals surface area contributed by atoms with Gasteiger partial charge in [0, 0.05) is 43.3 Å². The highest BCUT2D eigenvalue weighted by molar-refractivity contribution is 5.94. The van der Waals surface area contributed by atoms with Crippen LogP contribution in [-0.2, 0) is 13.0 Å². The zero-order valence-corrected chi connectivity index (χ0v) is 12.0. The molecule has 0 unspecified atom stereocenters. The Morgan fingerprint density at radius 1 is 1.43 bits per heavy atom. The second kappa shape index (κ2) is 6.43. The molecule has 3 rings (SSSR count). The molecule has 5 nitrogen and oxygen atoms in total. The van der Waals surface area contributed by atoms with Gasteiger partial charge in [0.1, 0.15) is 0 Å². The van der Waals surface area contributed by atoms with Crippen molar-refractivity contribution in [3.8, 4) is 0 Å². The second-order valence-electron chi connectivity index (χ2n) is 5.28.